The number of hydrogen-bond donors (Lipinski definition) is 1. The molecule has 0 saturated heterocycles. The summed E-state index contributed by atoms with van der Waals surface area (Å²) in [6.45, 7) is 0.742. The lowest BCUT2D eigenvalue weighted by atomic mass is 9.98. The first kappa shape index (κ1) is 14.4. The van der Waals surface area contributed by atoms with Crippen molar-refractivity contribution in [3.05, 3.63) is 58.4 Å². The lowest BCUT2D eigenvalue weighted by Gasteiger charge is -2.14. The highest BCUT2D eigenvalue weighted by Gasteiger charge is 2.19. The predicted octanol–water partition coefficient (Wildman–Crippen LogP) is 3.17. The first-order valence-corrected chi connectivity index (χ1v) is 7.70. The van der Waals surface area contributed by atoms with Crippen molar-refractivity contribution in [1.29, 1.82) is 0 Å². The van der Waals surface area contributed by atoms with Gasteiger partial charge in [0.15, 0.2) is 0 Å². The number of fused-ring (bicyclic) bond motifs is 1. The molecular formula is C17H19ClN2O. The molecule has 2 N–H and O–H groups in total. The highest BCUT2D eigenvalue weighted by molar-refractivity contribution is 6.30. The molecular weight excluding hydrogens is 284 g/mol. The fourth-order valence-corrected chi connectivity index (χ4v) is 3.02. The number of pyridine rings is 1. The van der Waals surface area contributed by atoms with E-state index < -0.39 is 0 Å². The van der Waals surface area contributed by atoms with Crippen molar-refractivity contribution in [3.8, 4) is 5.75 Å². The van der Waals surface area contributed by atoms with Crippen molar-refractivity contribution in [2.24, 2.45) is 5.73 Å². The summed E-state index contributed by atoms with van der Waals surface area (Å²) in [4.78, 5) is 4.33. The molecule has 1 aromatic heterocycles. The maximum atomic E-state index is 6.27. The summed E-state index contributed by atoms with van der Waals surface area (Å²) >= 11 is 6.18. The smallest absolute Gasteiger partial charge is 0.125 e. The number of hydrogen-bond acceptors (Lipinski definition) is 3. The normalized spacial score (nSPS) is 14.6. The van der Waals surface area contributed by atoms with E-state index in [1.807, 2.05) is 36.5 Å². The second-order valence-electron chi connectivity index (χ2n) is 5.48. The Morgan fingerprint density at radius 1 is 1.33 bits per heavy atom. The lowest BCUT2D eigenvalue weighted by molar-refractivity contribution is 0.352. The van der Waals surface area contributed by atoms with Crippen molar-refractivity contribution in [2.45, 2.75) is 31.7 Å². The summed E-state index contributed by atoms with van der Waals surface area (Å²) in [5, 5.41) is 0.770. The molecule has 4 heteroatoms. The van der Waals surface area contributed by atoms with Crippen LogP contribution in [0.3, 0.4) is 0 Å². The maximum Gasteiger partial charge on any atom is 0.125 e. The second-order valence-corrected chi connectivity index (χ2v) is 5.91. The van der Waals surface area contributed by atoms with Gasteiger partial charge in [-0.25, -0.2) is 0 Å². The van der Waals surface area contributed by atoms with Crippen LogP contribution in [-0.4, -0.2) is 17.6 Å². The van der Waals surface area contributed by atoms with Crippen molar-refractivity contribution >= 4 is 11.6 Å². The Labute approximate surface area is 130 Å². The van der Waals surface area contributed by atoms with Gasteiger partial charge < -0.3 is 10.5 Å². The summed E-state index contributed by atoms with van der Waals surface area (Å²) < 4.78 is 5.72. The molecule has 0 fully saturated rings. The molecule has 0 aliphatic carbocycles. The van der Waals surface area contributed by atoms with Crippen molar-refractivity contribution in [2.75, 3.05) is 6.61 Å². The van der Waals surface area contributed by atoms with Crippen LogP contribution in [0.1, 0.15) is 23.2 Å². The van der Waals surface area contributed by atoms with E-state index in [1.165, 1.54) is 5.56 Å². The molecule has 3 rings (SSSR count). The van der Waals surface area contributed by atoms with Gasteiger partial charge in [-0.2, -0.15) is 0 Å². The quantitative estimate of drug-likeness (QED) is 0.923. The van der Waals surface area contributed by atoms with Crippen LogP contribution in [0.2, 0.25) is 5.02 Å². The summed E-state index contributed by atoms with van der Waals surface area (Å²) in [6.07, 6.45) is 5.34. The fourth-order valence-electron chi connectivity index (χ4n) is 2.76. The average molecular weight is 303 g/mol. The number of ether oxygens (including phenoxy) is 1. The third-order valence-electron chi connectivity index (χ3n) is 3.80. The van der Waals surface area contributed by atoms with Gasteiger partial charge in [0.25, 0.3) is 0 Å². The van der Waals surface area contributed by atoms with E-state index in [-0.39, 0.29) is 6.04 Å². The molecule has 0 radical (unpaired) electrons. The van der Waals surface area contributed by atoms with Crippen LogP contribution in [0.4, 0.5) is 0 Å². The average Bonchev–Trinajstić information content (AvgIpc) is 2.94. The lowest BCUT2D eigenvalue weighted by Crippen LogP contribution is -2.24. The minimum absolute atomic E-state index is 0.0822. The molecule has 110 valence electrons. The van der Waals surface area contributed by atoms with E-state index in [0.717, 1.165) is 54.3 Å². The molecule has 0 saturated carbocycles. The number of aromatic nitrogens is 1. The van der Waals surface area contributed by atoms with Crippen LogP contribution < -0.4 is 10.5 Å². The highest BCUT2D eigenvalue weighted by atomic mass is 35.5. The van der Waals surface area contributed by atoms with Crippen LogP contribution in [0, 0.1) is 0 Å². The summed E-state index contributed by atoms with van der Waals surface area (Å²) in [5.74, 6) is 0.993. The van der Waals surface area contributed by atoms with Crippen LogP contribution in [0.5, 0.6) is 5.75 Å². The first-order valence-electron chi connectivity index (χ1n) is 7.32. The van der Waals surface area contributed by atoms with Crippen molar-refractivity contribution < 1.29 is 4.74 Å². The predicted molar refractivity (Wildman–Crippen MR) is 84.9 cm³/mol. The SMILES string of the molecule is NC(CCc1ccccn1)Cc1cc(Cl)cc2c1OCC2. The highest BCUT2D eigenvalue weighted by Crippen LogP contribution is 2.33. The number of nitrogens with two attached hydrogens (primary N) is 1. The van der Waals surface area contributed by atoms with Gasteiger partial charge in [-0.15, -0.1) is 0 Å². The van der Waals surface area contributed by atoms with Gasteiger partial charge in [0, 0.05) is 29.4 Å². The Morgan fingerprint density at radius 2 is 2.24 bits per heavy atom. The summed E-state index contributed by atoms with van der Waals surface area (Å²) in [7, 11) is 0. The largest absolute Gasteiger partial charge is 0.493 e. The second kappa shape index (κ2) is 6.46. The molecule has 21 heavy (non-hydrogen) atoms. The first-order chi connectivity index (χ1) is 10.2. The van der Waals surface area contributed by atoms with Crippen molar-refractivity contribution in [1.82, 2.24) is 4.98 Å². The van der Waals surface area contributed by atoms with Gasteiger partial charge in [0.2, 0.25) is 0 Å². The van der Waals surface area contributed by atoms with Gasteiger partial charge in [0.1, 0.15) is 5.75 Å². The van der Waals surface area contributed by atoms with E-state index in [2.05, 4.69) is 4.98 Å². The molecule has 1 aliphatic heterocycles. The maximum absolute atomic E-state index is 6.27. The number of nitrogens with zero attached hydrogens (tertiary/aromatic N) is 1. The molecule has 2 aromatic rings. The zero-order valence-electron chi connectivity index (χ0n) is 11.9. The molecule has 1 unspecified atom stereocenters. The van der Waals surface area contributed by atoms with Gasteiger partial charge in [0.05, 0.1) is 6.61 Å². The minimum Gasteiger partial charge on any atom is -0.493 e. The monoisotopic (exact) mass is 302 g/mol. The molecule has 0 amide bonds. The topological polar surface area (TPSA) is 48.1 Å². The number of benzene rings is 1. The third kappa shape index (κ3) is 3.55. The Bertz CT molecular complexity index is 616. The summed E-state index contributed by atoms with van der Waals surface area (Å²) in [5.41, 5.74) is 9.69. The summed E-state index contributed by atoms with van der Waals surface area (Å²) in [6, 6.07) is 10.0. The number of aryl methyl sites for hydroxylation is 1. The Balaban J connectivity index is 1.64. The third-order valence-corrected chi connectivity index (χ3v) is 4.02. The molecule has 3 nitrogen and oxygen atoms in total. The van der Waals surface area contributed by atoms with Gasteiger partial charge in [-0.1, -0.05) is 17.7 Å². The zero-order valence-corrected chi connectivity index (χ0v) is 12.6. The fraction of sp³-hybridized carbons (Fsp3) is 0.353. The van der Waals surface area contributed by atoms with Crippen LogP contribution >= 0.6 is 11.6 Å². The van der Waals surface area contributed by atoms with Crippen LogP contribution in [0.25, 0.3) is 0 Å². The van der Waals surface area contributed by atoms with Gasteiger partial charge in [-0.3, -0.25) is 4.98 Å². The number of halogens is 1. The van der Waals surface area contributed by atoms with Crippen molar-refractivity contribution in [3.63, 3.8) is 0 Å². The Kier molecular flexibility index (Phi) is 4.42. The minimum atomic E-state index is 0.0822. The van der Waals surface area contributed by atoms with E-state index >= 15 is 0 Å². The Hall–Kier alpha value is -1.58. The van der Waals surface area contributed by atoms with Crippen LogP contribution in [0.15, 0.2) is 36.5 Å². The molecule has 0 spiro atoms. The molecule has 0 bridgehead atoms. The molecule has 2 heterocycles. The molecule has 1 aliphatic rings. The van der Waals surface area contributed by atoms with E-state index in [9.17, 15) is 0 Å². The standard InChI is InChI=1S/C17H19ClN2O/c18-14-9-12-6-8-21-17(12)13(10-14)11-15(19)4-5-16-3-1-2-7-20-16/h1-3,7,9-10,15H,4-6,8,11,19H2. The molecule has 1 atom stereocenters. The van der Waals surface area contributed by atoms with Gasteiger partial charge >= 0.3 is 0 Å². The molecule has 1 aromatic carbocycles. The zero-order chi connectivity index (χ0) is 14.7. The van der Waals surface area contributed by atoms with Crippen LogP contribution in [-0.2, 0) is 19.3 Å². The Morgan fingerprint density at radius 3 is 3.05 bits per heavy atom. The van der Waals surface area contributed by atoms with E-state index in [0.29, 0.717) is 0 Å². The number of rotatable bonds is 5. The van der Waals surface area contributed by atoms with E-state index in [4.69, 9.17) is 22.1 Å². The van der Waals surface area contributed by atoms with E-state index in [1.54, 1.807) is 0 Å². The van der Waals surface area contributed by atoms with Gasteiger partial charge in [-0.05, 0) is 54.7 Å².